The van der Waals surface area contributed by atoms with Crippen LogP contribution in [-0.2, 0) is 4.79 Å². The fraction of sp³-hybridized carbons (Fsp3) is 0.235. The van der Waals surface area contributed by atoms with Crippen LogP contribution in [0.2, 0.25) is 0 Å². The molecule has 1 aliphatic carbocycles. The van der Waals surface area contributed by atoms with Crippen LogP contribution < -0.4 is 5.32 Å². The lowest BCUT2D eigenvalue weighted by atomic mass is 9.85. The first kappa shape index (κ1) is 13.0. The van der Waals surface area contributed by atoms with E-state index in [1.807, 2.05) is 30.3 Å². The summed E-state index contributed by atoms with van der Waals surface area (Å²) in [5, 5.41) is 2.95. The van der Waals surface area contributed by atoms with Crippen molar-refractivity contribution in [1.29, 1.82) is 0 Å². The van der Waals surface area contributed by atoms with Crippen molar-refractivity contribution < 1.29 is 9.21 Å². The Hall–Kier alpha value is -2.69. The van der Waals surface area contributed by atoms with E-state index in [0.717, 1.165) is 36.0 Å². The molecule has 0 saturated heterocycles. The van der Waals surface area contributed by atoms with Crippen LogP contribution in [0.4, 0.5) is 5.69 Å². The largest absolute Gasteiger partial charge is 0.436 e. The number of anilines is 1. The van der Waals surface area contributed by atoms with Crippen LogP contribution in [0.1, 0.15) is 19.3 Å². The van der Waals surface area contributed by atoms with E-state index in [1.54, 1.807) is 12.4 Å². The lowest BCUT2D eigenvalue weighted by Gasteiger charge is -2.23. The van der Waals surface area contributed by atoms with Gasteiger partial charge in [-0.2, -0.15) is 0 Å². The highest BCUT2D eigenvalue weighted by molar-refractivity contribution is 5.94. The Morgan fingerprint density at radius 2 is 2.00 bits per heavy atom. The van der Waals surface area contributed by atoms with Gasteiger partial charge in [-0.1, -0.05) is 6.42 Å². The van der Waals surface area contributed by atoms with E-state index in [9.17, 15) is 4.79 Å². The number of fused-ring (bicyclic) bond motifs is 1. The molecule has 1 N–H and O–H groups in total. The van der Waals surface area contributed by atoms with E-state index in [0.29, 0.717) is 11.5 Å². The zero-order chi connectivity index (χ0) is 14.9. The number of carbonyl (C=O) groups excluding carboxylic acids is 1. The fourth-order valence-electron chi connectivity index (χ4n) is 2.54. The van der Waals surface area contributed by atoms with Crippen molar-refractivity contribution in [1.82, 2.24) is 9.97 Å². The minimum atomic E-state index is 0.0967. The van der Waals surface area contributed by atoms with Gasteiger partial charge >= 0.3 is 0 Å². The summed E-state index contributed by atoms with van der Waals surface area (Å²) in [6.07, 6.45) is 6.53. The highest BCUT2D eigenvalue weighted by Gasteiger charge is 2.25. The minimum absolute atomic E-state index is 0.0967. The molecule has 5 nitrogen and oxygen atoms in total. The summed E-state index contributed by atoms with van der Waals surface area (Å²) < 4.78 is 5.79. The first-order valence-corrected chi connectivity index (χ1v) is 7.41. The molecule has 2 heterocycles. The lowest BCUT2D eigenvalue weighted by Crippen LogP contribution is -2.27. The van der Waals surface area contributed by atoms with E-state index in [1.165, 1.54) is 0 Å². The minimum Gasteiger partial charge on any atom is -0.436 e. The summed E-state index contributed by atoms with van der Waals surface area (Å²) in [4.78, 5) is 20.4. The standard InChI is InChI=1S/C17H15N3O2/c21-16(11-2-1-3-11)19-13-4-5-14-15(10-13)22-17(20-14)12-6-8-18-9-7-12/h4-11H,1-3H2,(H,19,21). The Bertz CT molecular complexity index is 822. The molecule has 1 fully saturated rings. The number of benzene rings is 1. The first-order chi connectivity index (χ1) is 10.8. The summed E-state index contributed by atoms with van der Waals surface area (Å²) in [7, 11) is 0. The molecule has 4 rings (SSSR count). The maximum Gasteiger partial charge on any atom is 0.227 e. The summed E-state index contributed by atoms with van der Waals surface area (Å²) in [6.45, 7) is 0. The Labute approximate surface area is 127 Å². The number of hydrogen-bond acceptors (Lipinski definition) is 4. The number of oxazole rings is 1. The van der Waals surface area contributed by atoms with Crippen LogP contribution in [0.15, 0.2) is 47.1 Å². The topological polar surface area (TPSA) is 68.0 Å². The molecule has 0 bridgehead atoms. The summed E-state index contributed by atoms with van der Waals surface area (Å²) >= 11 is 0. The zero-order valence-corrected chi connectivity index (χ0v) is 12.0. The molecule has 0 unspecified atom stereocenters. The molecule has 1 amide bonds. The van der Waals surface area contributed by atoms with Gasteiger partial charge in [-0.25, -0.2) is 4.98 Å². The number of nitrogens with one attached hydrogen (secondary N) is 1. The number of aromatic nitrogens is 2. The van der Waals surface area contributed by atoms with Crippen molar-refractivity contribution in [3.05, 3.63) is 42.7 Å². The monoisotopic (exact) mass is 293 g/mol. The highest BCUT2D eigenvalue weighted by atomic mass is 16.3. The second-order valence-corrected chi connectivity index (χ2v) is 5.55. The molecule has 1 aliphatic rings. The smallest absolute Gasteiger partial charge is 0.227 e. The quantitative estimate of drug-likeness (QED) is 0.800. The molecule has 0 spiro atoms. The fourth-order valence-corrected chi connectivity index (χ4v) is 2.54. The van der Waals surface area contributed by atoms with E-state index >= 15 is 0 Å². The molecule has 1 saturated carbocycles. The van der Waals surface area contributed by atoms with Crippen LogP contribution in [0.5, 0.6) is 0 Å². The van der Waals surface area contributed by atoms with Gasteiger partial charge in [0.25, 0.3) is 0 Å². The Morgan fingerprint density at radius 1 is 1.18 bits per heavy atom. The van der Waals surface area contributed by atoms with Gasteiger partial charge in [0.2, 0.25) is 11.8 Å². The maximum absolute atomic E-state index is 12.0. The van der Waals surface area contributed by atoms with Gasteiger partial charge in [0.05, 0.1) is 0 Å². The summed E-state index contributed by atoms with van der Waals surface area (Å²) in [6, 6.07) is 9.25. The number of hydrogen-bond donors (Lipinski definition) is 1. The van der Waals surface area contributed by atoms with E-state index < -0.39 is 0 Å². The Balaban J connectivity index is 1.62. The third-order valence-electron chi connectivity index (χ3n) is 4.06. The second kappa shape index (κ2) is 5.26. The van der Waals surface area contributed by atoms with Crippen molar-refractivity contribution in [2.75, 3.05) is 5.32 Å². The van der Waals surface area contributed by atoms with Crippen molar-refractivity contribution in [2.24, 2.45) is 5.92 Å². The van der Waals surface area contributed by atoms with Crippen LogP contribution in [-0.4, -0.2) is 15.9 Å². The second-order valence-electron chi connectivity index (χ2n) is 5.55. The lowest BCUT2D eigenvalue weighted by molar-refractivity contribution is -0.122. The normalized spacial score (nSPS) is 14.7. The summed E-state index contributed by atoms with van der Waals surface area (Å²) in [5.74, 6) is 0.817. The third-order valence-corrected chi connectivity index (χ3v) is 4.06. The first-order valence-electron chi connectivity index (χ1n) is 7.41. The SMILES string of the molecule is O=C(Nc1ccc2nc(-c3ccncc3)oc2c1)C1CCC1. The molecule has 0 radical (unpaired) electrons. The average Bonchev–Trinajstić information content (AvgIpc) is 2.89. The van der Waals surface area contributed by atoms with Crippen LogP contribution in [0, 0.1) is 5.92 Å². The molecule has 0 atom stereocenters. The van der Waals surface area contributed by atoms with E-state index in [2.05, 4.69) is 15.3 Å². The van der Waals surface area contributed by atoms with Crippen LogP contribution in [0.3, 0.4) is 0 Å². The maximum atomic E-state index is 12.0. The zero-order valence-electron chi connectivity index (χ0n) is 12.0. The van der Waals surface area contributed by atoms with Gasteiger partial charge in [-0.3, -0.25) is 9.78 Å². The predicted octanol–water partition coefficient (Wildman–Crippen LogP) is 3.63. The third kappa shape index (κ3) is 2.35. The molecular weight excluding hydrogens is 278 g/mol. The van der Waals surface area contributed by atoms with E-state index in [-0.39, 0.29) is 11.8 Å². The van der Waals surface area contributed by atoms with Crippen LogP contribution >= 0.6 is 0 Å². The van der Waals surface area contributed by atoms with Gasteiger partial charge in [0.1, 0.15) is 5.52 Å². The number of carbonyl (C=O) groups is 1. The number of amides is 1. The molecule has 3 aromatic rings. The number of nitrogens with zero attached hydrogens (tertiary/aromatic N) is 2. The molecule has 110 valence electrons. The van der Waals surface area contributed by atoms with Gasteiger partial charge in [-0.15, -0.1) is 0 Å². The predicted molar refractivity (Wildman–Crippen MR) is 83.2 cm³/mol. The average molecular weight is 293 g/mol. The van der Waals surface area contributed by atoms with Crippen molar-refractivity contribution in [3.8, 4) is 11.5 Å². The molecule has 2 aromatic heterocycles. The van der Waals surface area contributed by atoms with Gasteiger partial charge in [0, 0.05) is 35.6 Å². The molecular formula is C17H15N3O2. The molecule has 1 aromatic carbocycles. The van der Waals surface area contributed by atoms with Crippen molar-refractivity contribution in [3.63, 3.8) is 0 Å². The van der Waals surface area contributed by atoms with E-state index in [4.69, 9.17) is 4.42 Å². The van der Waals surface area contributed by atoms with Crippen molar-refractivity contribution in [2.45, 2.75) is 19.3 Å². The van der Waals surface area contributed by atoms with Gasteiger partial charge in [-0.05, 0) is 37.1 Å². The summed E-state index contributed by atoms with van der Waals surface area (Å²) in [5.41, 5.74) is 3.07. The number of rotatable bonds is 3. The molecule has 0 aliphatic heterocycles. The molecule has 5 heteroatoms. The van der Waals surface area contributed by atoms with Crippen LogP contribution in [0.25, 0.3) is 22.6 Å². The highest BCUT2D eigenvalue weighted by Crippen LogP contribution is 2.29. The van der Waals surface area contributed by atoms with Crippen molar-refractivity contribution >= 4 is 22.7 Å². The number of pyridine rings is 1. The van der Waals surface area contributed by atoms with Gasteiger partial charge in [0.15, 0.2) is 5.58 Å². The Morgan fingerprint density at radius 3 is 2.73 bits per heavy atom. The Kier molecular flexibility index (Phi) is 3.11. The molecule has 22 heavy (non-hydrogen) atoms. The van der Waals surface area contributed by atoms with Gasteiger partial charge < -0.3 is 9.73 Å².